The van der Waals surface area contributed by atoms with Crippen molar-refractivity contribution in [3.05, 3.63) is 72.4 Å². The maximum absolute atomic E-state index is 12.6. The van der Waals surface area contributed by atoms with Crippen LogP contribution in [0, 0.1) is 0 Å². The van der Waals surface area contributed by atoms with Crippen molar-refractivity contribution in [3.63, 3.8) is 0 Å². The van der Waals surface area contributed by atoms with E-state index in [0.717, 1.165) is 21.1 Å². The highest BCUT2D eigenvalue weighted by molar-refractivity contribution is 7.22. The van der Waals surface area contributed by atoms with Crippen molar-refractivity contribution < 1.29 is 23.7 Å². The monoisotopic (exact) mass is 487 g/mol. The minimum atomic E-state index is -0.257. The Morgan fingerprint density at radius 3 is 2.46 bits per heavy atom. The Morgan fingerprint density at radius 2 is 1.66 bits per heavy atom. The molecule has 2 heterocycles. The van der Waals surface area contributed by atoms with Crippen LogP contribution in [0.15, 0.2) is 66.9 Å². The van der Waals surface area contributed by atoms with Crippen LogP contribution in [0.3, 0.4) is 0 Å². The molecular weight excluding hydrogens is 466 g/mol. The molecule has 35 heavy (non-hydrogen) atoms. The first-order valence-corrected chi connectivity index (χ1v) is 11.4. The molecular formula is C26H21N3O5S. The highest BCUT2D eigenvalue weighted by Crippen LogP contribution is 2.38. The van der Waals surface area contributed by atoms with E-state index in [9.17, 15) is 4.79 Å². The molecule has 0 fully saturated rings. The van der Waals surface area contributed by atoms with Gasteiger partial charge in [0.15, 0.2) is 16.6 Å². The summed E-state index contributed by atoms with van der Waals surface area (Å²) >= 11 is 1.37. The van der Waals surface area contributed by atoms with E-state index in [4.69, 9.17) is 18.9 Å². The van der Waals surface area contributed by atoms with Gasteiger partial charge in [-0.15, -0.1) is 0 Å². The highest BCUT2D eigenvalue weighted by atomic mass is 32.1. The number of carbonyl (C=O) groups is 1. The summed E-state index contributed by atoms with van der Waals surface area (Å²) in [5.74, 6) is 2.81. The molecule has 0 spiro atoms. The summed E-state index contributed by atoms with van der Waals surface area (Å²) in [6.07, 6.45) is 1.68. The third-order valence-corrected chi connectivity index (χ3v) is 6.28. The molecule has 0 atom stereocenters. The minimum absolute atomic E-state index is 0.257. The van der Waals surface area contributed by atoms with Crippen LogP contribution in [-0.2, 0) is 0 Å². The van der Waals surface area contributed by atoms with Gasteiger partial charge in [0, 0.05) is 29.3 Å². The van der Waals surface area contributed by atoms with E-state index in [0.29, 0.717) is 39.4 Å². The first-order valence-electron chi connectivity index (χ1n) is 10.6. The van der Waals surface area contributed by atoms with Crippen molar-refractivity contribution in [2.24, 2.45) is 0 Å². The summed E-state index contributed by atoms with van der Waals surface area (Å²) < 4.78 is 23.1. The van der Waals surface area contributed by atoms with Gasteiger partial charge in [0.05, 0.1) is 37.1 Å². The van der Waals surface area contributed by atoms with E-state index in [2.05, 4.69) is 15.3 Å². The molecule has 0 aliphatic carbocycles. The van der Waals surface area contributed by atoms with Crippen molar-refractivity contribution in [1.29, 1.82) is 0 Å². The van der Waals surface area contributed by atoms with Gasteiger partial charge in [-0.25, -0.2) is 4.98 Å². The summed E-state index contributed by atoms with van der Waals surface area (Å²) in [5, 5.41) is 4.14. The maximum atomic E-state index is 12.6. The molecule has 1 amide bonds. The lowest BCUT2D eigenvalue weighted by molar-refractivity contribution is 0.102. The van der Waals surface area contributed by atoms with Crippen molar-refractivity contribution in [2.45, 2.75) is 0 Å². The summed E-state index contributed by atoms with van der Waals surface area (Å²) in [4.78, 5) is 21.6. The van der Waals surface area contributed by atoms with E-state index in [-0.39, 0.29) is 5.91 Å². The number of hydrogen-bond donors (Lipinski definition) is 1. The van der Waals surface area contributed by atoms with Crippen LogP contribution in [0.1, 0.15) is 10.4 Å². The summed E-state index contributed by atoms with van der Waals surface area (Å²) in [7, 11) is 4.73. The molecule has 0 aliphatic rings. The second-order valence-electron chi connectivity index (χ2n) is 7.47. The van der Waals surface area contributed by atoms with E-state index in [1.54, 1.807) is 57.9 Å². The summed E-state index contributed by atoms with van der Waals surface area (Å²) in [6.45, 7) is 0. The van der Waals surface area contributed by atoms with Crippen molar-refractivity contribution in [3.8, 4) is 28.7 Å². The molecule has 0 radical (unpaired) electrons. The smallest absolute Gasteiger partial charge is 0.257 e. The Morgan fingerprint density at radius 1 is 0.829 bits per heavy atom. The fourth-order valence-electron chi connectivity index (χ4n) is 3.62. The Balaban J connectivity index is 1.41. The fraction of sp³-hybridized carbons (Fsp3) is 0.115. The van der Waals surface area contributed by atoms with Gasteiger partial charge in [0.2, 0.25) is 0 Å². The standard InChI is InChI=1S/C26H21N3O5S/c1-31-16-6-4-5-15(11-16)25(30)29-26-28-19-8-7-17(12-24(19)35-26)34-21-9-10-27-20-14-23(33-3)22(32-2)13-18(20)21/h4-14H,1-3H3,(H,28,29,30). The molecule has 5 aromatic rings. The van der Waals surface area contributed by atoms with Gasteiger partial charge >= 0.3 is 0 Å². The quantitative estimate of drug-likeness (QED) is 0.305. The maximum Gasteiger partial charge on any atom is 0.257 e. The lowest BCUT2D eigenvalue weighted by Gasteiger charge is -2.12. The number of carbonyl (C=O) groups excluding carboxylic acids is 1. The number of anilines is 1. The number of nitrogens with one attached hydrogen (secondary N) is 1. The Bertz CT molecular complexity index is 1550. The van der Waals surface area contributed by atoms with Crippen LogP contribution in [-0.4, -0.2) is 37.2 Å². The first kappa shape index (κ1) is 22.4. The van der Waals surface area contributed by atoms with Gasteiger partial charge in [-0.1, -0.05) is 17.4 Å². The van der Waals surface area contributed by atoms with Gasteiger partial charge in [-0.2, -0.15) is 0 Å². The molecule has 2 aromatic heterocycles. The zero-order valence-corrected chi connectivity index (χ0v) is 20.0. The third-order valence-electron chi connectivity index (χ3n) is 5.35. The van der Waals surface area contributed by atoms with Crippen molar-refractivity contribution in [1.82, 2.24) is 9.97 Å². The zero-order chi connectivity index (χ0) is 24.4. The molecule has 0 saturated carbocycles. The van der Waals surface area contributed by atoms with Crippen molar-refractivity contribution >= 4 is 43.5 Å². The van der Waals surface area contributed by atoms with Gasteiger partial charge in [-0.05, 0) is 42.5 Å². The van der Waals surface area contributed by atoms with Gasteiger partial charge in [0.25, 0.3) is 5.91 Å². The number of amides is 1. The predicted molar refractivity (Wildman–Crippen MR) is 135 cm³/mol. The van der Waals surface area contributed by atoms with Crippen LogP contribution < -0.4 is 24.3 Å². The van der Waals surface area contributed by atoms with E-state index in [1.165, 1.54) is 11.3 Å². The molecule has 0 saturated heterocycles. The number of hydrogen-bond acceptors (Lipinski definition) is 8. The molecule has 3 aromatic carbocycles. The first-order chi connectivity index (χ1) is 17.1. The number of aromatic nitrogens is 2. The van der Waals surface area contributed by atoms with Crippen LogP contribution in [0.4, 0.5) is 5.13 Å². The second-order valence-corrected chi connectivity index (χ2v) is 8.50. The van der Waals surface area contributed by atoms with Crippen LogP contribution in [0.5, 0.6) is 28.7 Å². The van der Waals surface area contributed by atoms with E-state index < -0.39 is 0 Å². The largest absolute Gasteiger partial charge is 0.497 e. The molecule has 0 unspecified atom stereocenters. The topological polar surface area (TPSA) is 91.8 Å². The predicted octanol–water partition coefficient (Wildman–Crippen LogP) is 5.91. The molecule has 8 nitrogen and oxygen atoms in total. The number of pyridine rings is 1. The summed E-state index contributed by atoms with van der Waals surface area (Å²) in [5.41, 5.74) is 1.97. The lowest BCUT2D eigenvalue weighted by Crippen LogP contribution is -2.11. The third kappa shape index (κ3) is 4.53. The second kappa shape index (κ2) is 9.47. The minimum Gasteiger partial charge on any atom is -0.497 e. The number of thiazole rings is 1. The SMILES string of the molecule is COc1cccc(C(=O)Nc2nc3ccc(Oc4ccnc5cc(OC)c(OC)cc45)cc3s2)c1. The van der Waals surface area contributed by atoms with Gasteiger partial charge in [-0.3, -0.25) is 15.1 Å². The Kier molecular flexibility index (Phi) is 6.07. The molecule has 1 N–H and O–H groups in total. The molecule has 0 bridgehead atoms. The lowest BCUT2D eigenvalue weighted by atomic mass is 10.2. The number of benzene rings is 3. The molecule has 9 heteroatoms. The number of rotatable bonds is 7. The fourth-order valence-corrected chi connectivity index (χ4v) is 4.51. The van der Waals surface area contributed by atoms with Crippen LogP contribution in [0.25, 0.3) is 21.1 Å². The van der Waals surface area contributed by atoms with Crippen LogP contribution in [0.2, 0.25) is 0 Å². The van der Waals surface area contributed by atoms with Gasteiger partial charge < -0.3 is 18.9 Å². The molecule has 176 valence electrons. The molecule has 5 rings (SSSR count). The Labute approximate surface area is 205 Å². The summed E-state index contributed by atoms with van der Waals surface area (Å²) in [6, 6.07) is 18.0. The van der Waals surface area contributed by atoms with E-state index in [1.807, 2.05) is 30.3 Å². The average Bonchev–Trinajstić information content (AvgIpc) is 3.29. The Hall–Kier alpha value is -4.37. The highest BCUT2D eigenvalue weighted by Gasteiger charge is 2.14. The van der Waals surface area contributed by atoms with Gasteiger partial charge in [0.1, 0.15) is 17.2 Å². The normalized spacial score (nSPS) is 10.8. The number of nitrogens with zero attached hydrogens (tertiary/aromatic N) is 2. The number of methoxy groups -OCH3 is 3. The van der Waals surface area contributed by atoms with Crippen molar-refractivity contribution in [2.75, 3.05) is 26.6 Å². The number of fused-ring (bicyclic) bond motifs is 2. The number of ether oxygens (including phenoxy) is 4. The average molecular weight is 488 g/mol. The zero-order valence-electron chi connectivity index (χ0n) is 19.2. The molecule has 0 aliphatic heterocycles. The van der Waals surface area contributed by atoms with Crippen LogP contribution >= 0.6 is 11.3 Å². The van der Waals surface area contributed by atoms with E-state index >= 15 is 0 Å².